The maximum Gasteiger partial charge on any atom is -0.0238 e. The van der Waals surface area contributed by atoms with Gasteiger partial charge in [-0.2, -0.15) is 0 Å². The van der Waals surface area contributed by atoms with Crippen molar-refractivity contribution in [1.29, 1.82) is 0 Å². The van der Waals surface area contributed by atoms with Crippen molar-refractivity contribution in [2.45, 2.75) is 46.0 Å². The quantitative estimate of drug-likeness (QED) is 0.514. The molecule has 3 aliphatic rings. The monoisotopic (exact) mass is 164 g/mol. The molecule has 0 N–H and O–H groups in total. The van der Waals surface area contributed by atoms with Gasteiger partial charge in [0.15, 0.2) is 0 Å². The van der Waals surface area contributed by atoms with E-state index in [9.17, 15) is 0 Å². The molecular weight excluding hydrogens is 144 g/mol. The Morgan fingerprint density at radius 2 is 2.00 bits per heavy atom. The summed E-state index contributed by atoms with van der Waals surface area (Å²) in [6.45, 7) is 5.01. The predicted octanol–water partition coefficient (Wildman–Crippen LogP) is 3.47. The van der Waals surface area contributed by atoms with Crippen LogP contribution in [0, 0.1) is 29.1 Å². The molecule has 0 radical (unpaired) electrons. The van der Waals surface area contributed by atoms with Crippen LogP contribution in [-0.2, 0) is 0 Å². The fourth-order valence-corrected chi connectivity index (χ4v) is 4.91. The molecule has 1 spiro atoms. The largest absolute Gasteiger partial charge is 0.0622 e. The number of fused-ring (bicyclic) bond motifs is 1. The summed E-state index contributed by atoms with van der Waals surface area (Å²) < 4.78 is 0. The van der Waals surface area contributed by atoms with Crippen LogP contribution in [0.1, 0.15) is 46.0 Å². The molecule has 0 aromatic heterocycles. The topological polar surface area (TPSA) is 0 Å². The van der Waals surface area contributed by atoms with E-state index in [-0.39, 0.29) is 0 Å². The lowest BCUT2D eigenvalue weighted by molar-refractivity contribution is 0.157. The van der Waals surface area contributed by atoms with Gasteiger partial charge in [-0.25, -0.2) is 0 Å². The fourth-order valence-electron chi connectivity index (χ4n) is 4.91. The minimum absolute atomic E-state index is 0.851. The first-order valence-electron chi connectivity index (χ1n) is 5.72. The van der Waals surface area contributed by atoms with Crippen LogP contribution in [0.3, 0.4) is 0 Å². The number of hydrogen-bond acceptors (Lipinski definition) is 0. The zero-order valence-electron chi connectivity index (χ0n) is 8.34. The standard InChI is InChI=1S/C12H20/c1-8-5-9(2)12-4-3-10(7-12)6-11(8)12/h8-11H,3-7H2,1-2H3. The van der Waals surface area contributed by atoms with E-state index < -0.39 is 0 Å². The van der Waals surface area contributed by atoms with Gasteiger partial charge in [-0.1, -0.05) is 13.8 Å². The van der Waals surface area contributed by atoms with Gasteiger partial charge in [-0.3, -0.25) is 0 Å². The van der Waals surface area contributed by atoms with Crippen molar-refractivity contribution in [3.8, 4) is 0 Å². The van der Waals surface area contributed by atoms with Crippen molar-refractivity contribution in [2.24, 2.45) is 29.1 Å². The van der Waals surface area contributed by atoms with Crippen LogP contribution < -0.4 is 0 Å². The molecule has 68 valence electrons. The molecule has 3 saturated carbocycles. The molecule has 0 saturated heterocycles. The Hall–Kier alpha value is 0. The van der Waals surface area contributed by atoms with Crippen molar-refractivity contribution in [1.82, 2.24) is 0 Å². The summed E-state index contributed by atoms with van der Waals surface area (Å²) in [7, 11) is 0. The summed E-state index contributed by atoms with van der Waals surface area (Å²) in [4.78, 5) is 0. The van der Waals surface area contributed by atoms with Gasteiger partial charge >= 0.3 is 0 Å². The fraction of sp³-hybridized carbons (Fsp3) is 1.00. The third kappa shape index (κ3) is 0.661. The van der Waals surface area contributed by atoms with Crippen LogP contribution in [0.25, 0.3) is 0 Å². The first kappa shape index (κ1) is 7.41. The Labute approximate surface area is 75.7 Å². The minimum atomic E-state index is 0.851. The van der Waals surface area contributed by atoms with Gasteiger partial charge in [0.05, 0.1) is 0 Å². The molecule has 3 aliphatic carbocycles. The van der Waals surface area contributed by atoms with Gasteiger partial charge in [0.25, 0.3) is 0 Å². The van der Waals surface area contributed by atoms with E-state index in [2.05, 4.69) is 13.8 Å². The summed E-state index contributed by atoms with van der Waals surface area (Å²) in [6.07, 6.45) is 7.85. The Morgan fingerprint density at radius 1 is 1.17 bits per heavy atom. The molecule has 5 atom stereocenters. The van der Waals surface area contributed by atoms with Crippen molar-refractivity contribution in [3.63, 3.8) is 0 Å². The van der Waals surface area contributed by atoms with Gasteiger partial charge in [0, 0.05) is 0 Å². The molecule has 0 heterocycles. The lowest BCUT2D eigenvalue weighted by atomic mass is 9.72. The van der Waals surface area contributed by atoms with Crippen LogP contribution in [0.15, 0.2) is 0 Å². The summed E-state index contributed by atoms with van der Waals surface area (Å²) in [5.74, 6) is 4.36. The number of hydrogen-bond donors (Lipinski definition) is 0. The van der Waals surface area contributed by atoms with Gasteiger partial charge in [-0.15, -0.1) is 0 Å². The van der Waals surface area contributed by atoms with Gasteiger partial charge in [0.1, 0.15) is 0 Å². The lowest BCUT2D eigenvalue weighted by Gasteiger charge is -2.33. The molecule has 0 aliphatic heterocycles. The van der Waals surface area contributed by atoms with Crippen molar-refractivity contribution in [3.05, 3.63) is 0 Å². The van der Waals surface area contributed by atoms with E-state index in [1.54, 1.807) is 25.7 Å². The SMILES string of the molecule is CC1CC(C)C23CCC(CC12)C3. The third-order valence-corrected chi connectivity index (χ3v) is 5.41. The molecule has 0 amide bonds. The summed E-state index contributed by atoms with van der Waals surface area (Å²) in [5.41, 5.74) is 0.851. The Kier molecular flexibility index (Phi) is 1.28. The van der Waals surface area contributed by atoms with E-state index in [4.69, 9.17) is 0 Å². The molecule has 0 aromatic carbocycles. The summed E-state index contributed by atoms with van der Waals surface area (Å²) in [5, 5.41) is 0. The van der Waals surface area contributed by atoms with E-state index in [1.807, 2.05) is 0 Å². The maximum absolute atomic E-state index is 2.52. The molecule has 3 fully saturated rings. The highest BCUT2D eigenvalue weighted by atomic mass is 14.6. The van der Waals surface area contributed by atoms with Gasteiger partial charge in [0.2, 0.25) is 0 Å². The highest BCUT2D eigenvalue weighted by Crippen LogP contribution is 2.68. The van der Waals surface area contributed by atoms with E-state index in [0.29, 0.717) is 0 Å². The van der Waals surface area contributed by atoms with Crippen molar-refractivity contribution in [2.75, 3.05) is 0 Å². The van der Waals surface area contributed by atoms with Gasteiger partial charge in [-0.05, 0) is 61.2 Å². The van der Waals surface area contributed by atoms with Crippen LogP contribution >= 0.6 is 0 Å². The normalized spacial score (nSPS) is 62.5. The van der Waals surface area contributed by atoms with Crippen LogP contribution in [0.5, 0.6) is 0 Å². The number of rotatable bonds is 0. The highest BCUT2D eigenvalue weighted by molar-refractivity contribution is 5.09. The zero-order valence-corrected chi connectivity index (χ0v) is 8.34. The van der Waals surface area contributed by atoms with Gasteiger partial charge < -0.3 is 0 Å². The molecule has 0 aromatic rings. The van der Waals surface area contributed by atoms with Crippen LogP contribution in [0.2, 0.25) is 0 Å². The lowest BCUT2D eigenvalue weighted by Crippen LogP contribution is -2.26. The van der Waals surface area contributed by atoms with Crippen molar-refractivity contribution < 1.29 is 0 Å². The second-order valence-electron chi connectivity index (χ2n) is 5.80. The summed E-state index contributed by atoms with van der Waals surface area (Å²) >= 11 is 0. The predicted molar refractivity (Wildman–Crippen MR) is 50.8 cm³/mol. The molecule has 5 unspecified atom stereocenters. The van der Waals surface area contributed by atoms with E-state index in [1.165, 1.54) is 6.42 Å². The molecule has 0 heteroatoms. The first-order valence-corrected chi connectivity index (χ1v) is 5.72. The van der Waals surface area contributed by atoms with Crippen molar-refractivity contribution >= 4 is 0 Å². The summed E-state index contributed by atoms with van der Waals surface area (Å²) in [6, 6.07) is 0. The van der Waals surface area contributed by atoms with Crippen LogP contribution in [-0.4, -0.2) is 0 Å². The Morgan fingerprint density at radius 3 is 2.67 bits per heavy atom. The average Bonchev–Trinajstić information content (AvgIpc) is 2.65. The third-order valence-electron chi connectivity index (χ3n) is 5.41. The average molecular weight is 164 g/mol. The Bertz CT molecular complexity index is 208. The highest BCUT2D eigenvalue weighted by Gasteiger charge is 2.59. The van der Waals surface area contributed by atoms with E-state index in [0.717, 1.165) is 29.1 Å². The maximum atomic E-state index is 2.52. The zero-order chi connectivity index (χ0) is 8.34. The molecule has 2 bridgehead atoms. The Balaban J connectivity index is 1.99. The molecule has 3 rings (SSSR count). The van der Waals surface area contributed by atoms with Crippen LogP contribution in [0.4, 0.5) is 0 Å². The smallest absolute Gasteiger partial charge is 0.0238 e. The molecular formula is C12H20. The molecule has 0 nitrogen and oxygen atoms in total. The van der Waals surface area contributed by atoms with E-state index >= 15 is 0 Å². The first-order chi connectivity index (χ1) is 5.72. The minimum Gasteiger partial charge on any atom is -0.0622 e. The second-order valence-corrected chi connectivity index (χ2v) is 5.80. The second kappa shape index (κ2) is 2.08. The molecule has 12 heavy (non-hydrogen) atoms.